The predicted molar refractivity (Wildman–Crippen MR) is 103 cm³/mol. The molecule has 0 bridgehead atoms. The summed E-state index contributed by atoms with van der Waals surface area (Å²) in [5, 5.41) is 9.21. The summed E-state index contributed by atoms with van der Waals surface area (Å²) >= 11 is 6.57. The molecule has 7 nitrogen and oxygen atoms in total. The van der Waals surface area contributed by atoms with Crippen LogP contribution < -0.4 is 4.90 Å². The zero-order chi connectivity index (χ0) is 18.8. The van der Waals surface area contributed by atoms with Crippen molar-refractivity contribution in [2.75, 3.05) is 44.4 Å². The van der Waals surface area contributed by atoms with Crippen molar-refractivity contribution in [3.05, 3.63) is 29.4 Å². The molecule has 4 fully saturated rings. The summed E-state index contributed by atoms with van der Waals surface area (Å²) in [7, 11) is 0. The summed E-state index contributed by atoms with van der Waals surface area (Å²) < 4.78 is 18.8. The van der Waals surface area contributed by atoms with Crippen molar-refractivity contribution in [1.82, 2.24) is 15.0 Å². The van der Waals surface area contributed by atoms with E-state index in [1.54, 1.807) is 4.68 Å². The van der Waals surface area contributed by atoms with Gasteiger partial charge in [-0.1, -0.05) is 16.8 Å². The Balaban J connectivity index is 1.12. The molecule has 4 heterocycles. The molecule has 148 valence electrons. The molecule has 1 aromatic heterocycles. The third-order valence-electron chi connectivity index (χ3n) is 6.45. The topological polar surface area (TPSA) is 61.6 Å². The first-order valence-corrected chi connectivity index (χ1v) is 10.3. The minimum absolute atomic E-state index is 0.257. The van der Waals surface area contributed by atoms with Gasteiger partial charge in [0.2, 0.25) is 0 Å². The van der Waals surface area contributed by atoms with E-state index in [2.05, 4.69) is 21.3 Å². The van der Waals surface area contributed by atoms with Crippen LogP contribution in [-0.2, 0) is 20.8 Å². The Bertz CT molecular complexity index is 891. The molecule has 28 heavy (non-hydrogen) atoms. The van der Waals surface area contributed by atoms with E-state index < -0.39 is 0 Å². The van der Waals surface area contributed by atoms with Crippen LogP contribution >= 0.6 is 11.6 Å². The van der Waals surface area contributed by atoms with Gasteiger partial charge in [0.25, 0.3) is 0 Å². The number of hydrogen-bond acceptors (Lipinski definition) is 6. The number of hydrogen-bond donors (Lipinski definition) is 0. The zero-order valence-corrected chi connectivity index (χ0v) is 16.4. The molecule has 3 aliphatic heterocycles. The molecule has 1 aliphatic carbocycles. The van der Waals surface area contributed by atoms with Crippen molar-refractivity contribution in [2.24, 2.45) is 10.8 Å². The molecule has 0 unspecified atom stereocenters. The van der Waals surface area contributed by atoms with Gasteiger partial charge >= 0.3 is 0 Å². The Labute approximate surface area is 168 Å². The highest BCUT2D eigenvalue weighted by atomic mass is 35.5. The molecule has 8 heteroatoms. The molecular formula is C20H23ClN4O3. The number of aromatic nitrogens is 3. The quantitative estimate of drug-likeness (QED) is 0.783. The van der Waals surface area contributed by atoms with Crippen LogP contribution in [0.25, 0.3) is 11.3 Å². The minimum Gasteiger partial charge on any atom is -0.380 e. The highest BCUT2D eigenvalue weighted by Crippen LogP contribution is 2.48. The number of ether oxygens (including phenoxy) is 3. The predicted octanol–water partition coefficient (Wildman–Crippen LogP) is 2.59. The van der Waals surface area contributed by atoms with Crippen LogP contribution in [0.5, 0.6) is 0 Å². The smallest absolute Gasteiger partial charge is 0.177 e. The standard InChI is InChI=1S/C20H23ClN4O3/c21-16-5-14(24-8-20(9-24)10-26-11-20)1-2-15(16)17-6-25(23-22-17)7-18-27-12-19(3-4-19)13-28-18/h1-2,5-6,18H,3-4,7-13H2. The van der Waals surface area contributed by atoms with Gasteiger partial charge in [0, 0.05) is 29.8 Å². The lowest BCUT2D eigenvalue weighted by molar-refractivity contribution is -0.213. The molecule has 2 aromatic rings. The first-order chi connectivity index (χ1) is 13.6. The lowest BCUT2D eigenvalue weighted by Gasteiger charge is -2.56. The molecule has 4 aliphatic rings. The number of anilines is 1. The zero-order valence-electron chi connectivity index (χ0n) is 15.6. The average Bonchev–Trinajstić information content (AvgIpc) is 3.21. The van der Waals surface area contributed by atoms with E-state index in [-0.39, 0.29) is 6.29 Å². The van der Waals surface area contributed by atoms with E-state index in [0.29, 0.717) is 22.4 Å². The minimum atomic E-state index is -0.257. The summed E-state index contributed by atoms with van der Waals surface area (Å²) in [6.45, 7) is 5.97. The Morgan fingerprint density at radius 2 is 1.86 bits per heavy atom. The van der Waals surface area contributed by atoms with Gasteiger partial charge in [0.05, 0.1) is 49.6 Å². The Morgan fingerprint density at radius 1 is 1.07 bits per heavy atom. The summed E-state index contributed by atoms with van der Waals surface area (Å²) in [5.41, 5.74) is 3.49. The fraction of sp³-hybridized carbons (Fsp3) is 0.600. The van der Waals surface area contributed by atoms with E-state index in [1.807, 2.05) is 18.3 Å². The van der Waals surface area contributed by atoms with E-state index in [4.69, 9.17) is 25.8 Å². The fourth-order valence-corrected chi connectivity index (χ4v) is 4.56. The second-order valence-electron chi connectivity index (χ2n) is 8.89. The van der Waals surface area contributed by atoms with E-state index in [0.717, 1.165) is 56.5 Å². The monoisotopic (exact) mass is 402 g/mol. The van der Waals surface area contributed by atoms with Gasteiger partial charge in [0.15, 0.2) is 6.29 Å². The second kappa shape index (κ2) is 6.16. The third-order valence-corrected chi connectivity index (χ3v) is 6.76. The highest BCUT2D eigenvalue weighted by molar-refractivity contribution is 6.33. The molecule has 2 spiro atoms. The van der Waals surface area contributed by atoms with E-state index in [9.17, 15) is 0 Å². The number of benzene rings is 1. The van der Waals surface area contributed by atoms with E-state index in [1.165, 1.54) is 12.8 Å². The van der Waals surface area contributed by atoms with Crippen LogP contribution in [-0.4, -0.2) is 60.8 Å². The maximum absolute atomic E-state index is 6.57. The van der Waals surface area contributed by atoms with Crippen molar-refractivity contribution in [2.45, 2.75) is 25.7 Å². The number of halogens is 1. The third kappa shape index (κ3) is 2.92. The van der Waals surface area contributed by atoms with Crippen molar-refractivity contribution >= 4 is 17.3 Å². The van der Waals surface area contributed by atoms with Crippen molar-refractivity contribution in [3.63, 3.8) is 0 Å². The average molecular weight is 403 g/mol. The molecule has 1 saturated carbocycles. The summed E-state index contributed by atoms with van der Waals surface area (Å²) in [5.74, 6) is 0. The molecule has 3 saturated heterocycles. The molecule has 0 amide bonds. The van der Waals surface area contributed by atoms with Crippen LogP contribution in [0.15, 0.2) is 24.4 Å². The summed E-state index contributed by atoms with van der Waals surface area (Å²) in [4.78, 5) is 2.35. The Morgan fingerprint density at radius 3 is 2.50 bits per heavy atom. The molecular weight excluding hydrogens is 380 g/mol. The maximum atomic E-state index is 6.57. The van der Waals surface area contributed by atoms with Gasteiger partial charge in [-0.15, -0.1) is 5.10 Å². The van der Waals surface area contributed by atoms with Gasteiger partial charge in [-0.25, -0.2) is 4.68 Å². The normalized spacial score (nSPS) is 25.0. The largest absolute Gasteiger partial charge is 0.380 e. The van der Waals surface area contributed by atoms with Gasteiger partial charge in [-0.2, -0.15) is 0 Å². The van der Waals surface area contributed by atoms with Gasteiger partial charge in [-0.05, 0) is 31.0 Å². The summed E-state index contributed by atoms with van der Waals surface area (Å²) in [6, 6.07) is 6.15. The Hall–Kier alpha value is -1.67. The van der Waals surface area contributed by atoms with Gasteiger partial charge < -0.3 is 19.1 Å². The lowest BCUT2D eigenvalue weighted by Crippen LogP contribution is -2.66. The van der Waals surface area contributed by atoms with Crippen LogP contribution in [0.1, 0.15) is 12.8 Å². The molecule has 0 radical (unpaired) electrons. The summed E-state index contributed by atoms with van der Waals surface area (Å²) in [6.07, 6.45) is 4.08. The van der Waals surface area contributed by atoms with E-state index >= 15 is 0 Å². The van der Waals surface area contributed by atoms with Crippen molar-refractivity contribution in [1.29, 1.82) is 0 Å². The lowest BCUT2D eigenvalue weighted by atomic mass is 9.78. The molecule has 6 rings (SSSR count). The van der Waals surface area contributed by atoms with Gasteiger partial charge in [0.1, 0.15) is 5.69 Å². The fourth-order valence-electron chi connectivity index (χ4n) is 4.29. The number of nitrogens with zero attached hydrogens (tertiary/aromatic N) is 4. The Kier molecular flexibility index (Phi) is 3.79. The first kappa shape index (κ1) is 17.2. The second-order valence-corrected chi connectivity index (χ2v) is 9.30. The molecule has 0 atom stereocenters. The first-order valence-electron chi connectivity index (χ1n) is 9.88. The molecule has 0 N–H and O–H groups in total. The number of rotatable bonds is 4. The molecule has 1 aromatic carbocycles. The van der Waals surface area contributed by atoms with Crippen LogP contribution in [0.4, 0.5) is 5.69 Å². The maximum Gasteiger partial charge on any atom is 0.177 e. The van der Waals surface area contributed by atoms with Crippen LogP contribution in [0.2, 0.25) is 5.02 Å². The van der Waals surface area contributed by atoms with Crippen molar-refractivity contribution < 1.29 is 14.2 Å². The highest BCUT2D eigenvalue weighted by Gasteiger charge is 2.49. The van der Waals surface area contributed by atoms with Gasteiger partial charge in [-0.3, -0.25) is 0 Å². The van der Waals surface area contributed by atoms with Crippen molar-refractivity contribution in [3.8, 4) is 11.3 Å². The van der Waals surface area contributed by atoms with Crippen LogP contribution in [0, 0.1) is 10.8 Å². The van der Waals surface area contributed by atoms with Crippen LogP contribution in [0.3, 0.4) is 0 Å². The SMILES string of the molecule is Clc1cc(N2CC3(COC3)C2)ccc1-c1cn(CC2OCC3(CC3)CO2)nn1.